The van der Waals surface area contributed by atoms with Gasteiger partial charge in [-0.2, -0.15) is 0 Å². The highest BCUT2D eigenvalue weighted by Gasteiger charge is 2.04. The number of nitrogens with zero attached hydrogens (tertiary/aromatic N) is 1. The first kappa shape index (κ1) is 16.2. The number of unbranched alkanes of at least 4 members (excludes halogenated alkanes) is 4. The summed E-state index contributed by atoms with van der Waals surface area (Å²) in [6.07, 6.45) is 7.40. The molecule has 0 radical (unpaired) electrons. The van der Waals surface area contributed by atoms with Crippen molar-refractivity contribution in [2.24, 2.45) is 5.16 Å². The molecule has 1 aromatic rings. The number of hydrogen-bond donors (Lipinski definition) is 0. The zero-order chi connectivity index (χ0) is 13.8. The smallest absolute Gasteiger partial charge is 0.126 e. The zero-order valence-corrected chi connectivity index (χ0v) is 13.4. The van der Waals surface area contributed by atoms with Gasteiger partial charge in [0.1, 0.15) is 6.61 Å². The lowest BCUT2D eigenvalue weighted by Gasteiger charge is -2.07. The van der Waals surface area contributed by atoms with Crippen molar-refractivity contribution < 1.29 is 4.84 Å². The number of halogens is 1. The molecule has 0 aromatic heterocycles. The molecule has 0 fully saturated rings. The van der Waals surface area contributed by atoms with E-state index >= 15 is 0 Å². The standard InChI is InChI=1S/C16H24BrNO/c1-2-3-4-5-9-12-16(18-19-14-13-17)15-10-7-6-8-11-15/h6-8,10-11H,2-5,9,12-14H2,1H3. The van der Waals surface area contributed by atoms with Gasteiger partial charge in [-0.1, -0.05) is 84.0 Å². The average molecular weight is 326 g/mol. The topological polar surface area (TPSA) is 21.6 Å². The van der Waals surface area contributed by atoms with Crippen molar-refractivity contribution in [3.05, 3.63) is 35.9 Å². The Balaban J connectivity index is 2.48. The molecule has 1 aromatic carbocycles. The number of alkyl halides is 1. The van der Waals surface area contributed by atoms with Gasteiger partial charge in [-0.05, 0) is 18.4 Å². The summed E-state index contributed by atoms with van der Waals surface area (Å²) in [4.78, 5) is 5.32. The summed E-state index contributed by atoms with van der Waals surface area (Å²) in [5, 5.41) is 5.10. The van der Waals surface area contributed by atoms with Crippen molar-refractivity contribution in [1.29, 1.82) is 0 Å². The minimum Gasteiger partial charge on any atom is -0.395 e. The van der Waals surface area contributed by atoms with Crippen LogP contribution in [0.25, 0.3) is 0 Å². The van der Waals surface area contributed by atoms with Crippen molar-refractivity contribution in [2.45, 2.75) is 45.4 Å². The Hall–Kier alpha value is -0.830. The fourth-order valence-electron chi connectivity index (χ4n) is 1.93. The third kappa shape index (κ3) is 7.36. The van der Waals surface area contributed by atoms with Crippen LogP contribution in [0.3, 0.4) is 0 Å². The van der Waals surface area contributed by atoms with Crippen LogP contribution >= 0.6 is 15.9 Å². The quantitative estimate of drug-likeness (QED) is 0.252. The van der Waals surface area contributed by atoms with Crippen LogP contribution in [-0.4, -0.2) is 17.6 Å². The van der Waals surface area contributed by atoms with Crippen LogP contribution in [-0.2, 0) is 4.84 Å². The molecule has 0 aliphatic heterocycles. The first-order valence-corrected chi connectivity index (χ1v) is 8.30. The summed E-state index contributed by atoms with van der Waals surface area (Å²) in [5.74, 6) is 0. The molecule has 0 saturated heterocycles. The molecule has 0 bridgehead atoms. The van der Waals surface area contributed by atoms with Crippen molar-refractivity contribution in [1.82, 2.24) is 0 Å². The lowest BCUT2D eigenvalue weighted by atomic mass is 10.0. The van der Waals surface area contributed by atoms with Crippen molar-refractivity contribution >= 4 is 21.6 Å². The Morgan fingerprint density at radius 2 is 1.84 bits per heavy atom. The van der Waals surface area contributed by atoms with Crippen molar-refractivity contribution in [3.63, 3.8) is 0 Å². The van der Waals surface area contributed by atoms with E-state index < -0.39 is 0 Å². The molecule has 0 aliphatic rings. The number of oxime groups is 1. The van der Waals surface area contributed by atoms with Gasteiger partial charge >= 0.3 is 0 Å². The first-order valence-electron chi connectivity index (χ1n) is 7.18. The molecular weight excluding hydrogens is 302 g/mol. The second-order valence-corrected chi connectivity index (χ2v) is 5.38. The van der Waals surface area contributed by atoms with Crippen LogP contribution in [0.1, 0.15) is 51.0 Å². The van der Waals surface area contributed by atoms with Gasteiger partial charge < -0.3 is 4.84 Å². The van der Waals surface area contributed by atoms with E-state index in [1.807, 2.05) is 18.2 Å². The Bertz CT molecular complexity index is 351. The highest BCUT2D eigenvalue weighted by atomic mass is 79.9. The third-order valence-electron chi connectivity index (χ3n) is 2.97. The monoisotopic (exact) mass is 325 g/mol. The summed E-state index contributed by atoms with van der Waals surface area (Å²) in [6.45, 7) is 2.86. The molecule has 19 heavy (non-hydrogen) atoms. The van der Waals surface area contributed by atoms with Gasteiger partial charge in [0.25, 0.3) is 0 Å². The van der Waals surface area contributed by atoms with Crippen molar-refractivity contribution in [3.8, 4) is 0 Å². The highest BCUT2D eigenvalue weighted by molar-refractivity contribution is 9.09. The molecule has 0 N–H and O–H groups in total. The Labute approximate surface area is 125 Å². The molecule has 0 heterocycles. The number of benzene rings is 1. The molecule has 0 spiro atoms. The second kappa shape index (κ2) is 11.0. The summed E-state index contributed by atoms with van der Waals surface area (Å²) in [7, 11) is 0. The Morgan fingerprint density at radius 3 is 2.53 bits per heavy atom. The fraction of sp³-hybridized carbons (Fsp3) is 0.562. The van der Waals surface area contributed by atoms with Crippen LogP contribution in [0.4, 0.5) is 0 Å². The van der Waals surface area contributed by atoms with E-state index in [9.17, 15) is 0 Å². The maximum atomic E-state index is 5.32. The largest absolute Gasteiger partial charge is 0.395 e. The first-order chi connectivity index (χ1) is 9.38. The lowest BCUT2D eigenvalue weighted by molar-refractivity contribution is 0.161. The Kier molecular flexibility index (Phi) is 9.42. The summed E-state index contributed by atoms with van der Waals surface area (Å²) < 4.78 is 0. The van der Waals surface area contributed by atoms with E-state index in [1.54, 1.807) is 0 Å². The van der Waals surface area contributed by atoms with Gasteiger partial charge in [0, 0.05) is 5.33 Å². The van der Waals surface area contributed by atoms with Crippen LogP contribution < -0.4 is 0 Å². The van der Waals surface area contributed by atoms with E-state index in [0.717, 1.165) is 17.5 Å². The normalized spacial score (nSPS) is 11.6. The van der Waals surface area contributed by atoms with Gasteiger partial charge in [-0.25, -0.2) is 0 Å². The molecule has 1 rings (SSSR count). The molecule has 0 amide bonds. The summed E-state index contributed by atoms with van der Waals surface area (Å²) in [5.41, 5.74) is 2.24. The van der Waals surface area contributed by atoms with E-state index in [4.69, 9.17) is 4.84 Å². The predicted octanol–water partition coefficient (Wildman–Crippen LogP) is 5.16. The maximum Gasteiger partial charge on any atom is 0.126 e. The van der Waals surface area contributed by atoms with Gasteiger partial charge in [0.15, 0.2) is 0 Å². The van der Waals surface area contributed by atoms with Crippen molar-refractivity contribution in [2.75, 3.05) is 11.9 Å². The van der Waals surface area contributed by atoms with Crippen LogP contribution in [0, 0.1) is 0 Å². The third-order valence-corrected chi connectivity index (χ3v) is 3.29. The van der Waals surface area contributed by atoms with Gasteiger partial charge in [0.05, 0.1) is 5.71 Å². The summed E-state index contributed by atoms with van der Waals surface area (Å²) >= 11 is 3.34. The average Bonchev–Trinajstić information content (AvgIpc) is 2.46. The lowest BCUT2D eigenvalue weighted by Crippen LogP contribution is -2.03. The van der Waals surface area contributed by atoms with Crippen LogP contribution in [0.5, 0.6) is 0 Å². The fourth-order valence-corrected chi connectivity index (χ4v) is 2.07. The maximum absolute atomic E-state index is 5.32. The van der Waals surface area contributed by atoms with Gasteiger partial charge in [-0.3, -0.25) is 0 Å². The molecular formula is C16H24BrNO. The zero-order valence-electron chi connectivity index (χ0n) is 11.8. The number of hydrogen-bond acceptors (Lipinski definition) is 2. The molecule has 0 unspecified atom stereocenters. The summed E-state index contributed by atoms with van der Waals surface area (Å²) in [6, 6.07) is 10.3. The van der Waals surface area contributed by atoms with E-state index in [2.05, 4.69) is 40.1 Å². The molecule has 3 heteroatoms. The van der Waals surface area contributed by atoms with E-state index in [-0.39, 0.29) is 0 Å². The Morgan fingerprint density at radius 1 is 1.11 bits per heavy atom. The molecule has 0 atom stereocenters. The SMILES string of the molecule is CCCCCCCC(=NOCCBr)c1ccccc1. The molecule has 106 valence electrons. The van der Waals surface area contributed by atoms with E-state index in [0.29, 0.717) is 6.61 Å². The highest BCUT2D eigenvalue weighted by Crippen LogP contribution is 2.11. The van der Waals surface area contributed by atoms with Crippen LogP contribution in [0.15, 0.2) is 35.5 Å². The predicted molar refractivity (Wildman–Crippen MR) is 86.1 cm³/mol. The van der Waals surface area contributed by atoms with Crippen LogP contribution in [0.2, 0.25) is 0 Å². The second-order valence-electron chi connectivity index (χ2n) is 4.59. The minimum atomic E-state index is 0.617. The van der Waals surface area contributed by atoms with Gasteiger partial charge in [0.2, 0.25) is 0 Å². The molecule has 0 saturated carbocycles. The van der Waals surface area contributed by atoms with E-state index in [1.165, 1.54) is 37.7 Å². The molecule has 2 nitrogen and oxygen atoms in total. The minimum absolute atomic E-state index is 0.617. The number of rotatable bonds is 10. The van der Waals surface area contributed by atoms with Gasteiger partial charge in [-0.15, -0.1) is 0 Å². The molecule has 0 aliphatic carbocycles.